The highest BCUT2D eigenvalue weighted by Crippen LogP contribution is 2.09. The summed E-state index contributed by atoms with van der Waals surface area (Å²) in [5.41, 5.74) is 5.34. The van der Waals surface area contributed by atoms with Gasteiger partial charge in [0.25, 0.3) is 0 Å². The first-order valence-corrected chi connectivity index (χ1v) is 5.53. The lowest BCUT2D eigenvalue weighted by Crippen LogP contribution is -2.40. The molecule has 0 aromatic heterocycles. The Hall–Kier alpha value is -0.120. The molecule has 0 aliphatic carbocycles. The SMILES string of the molecule is CCCC(C)OCCCC(C)(N)CO. The first kappa shape index (κ1) is 13.9. The van der Waals surface area contributed by atoms with Crippen LogP contribution in [0.25, 0.3) is 0 Å². The van der Waals surface area contributed by atoms with Crippen molar-refractivity contribution in [2.24, 2.45) is 5.73 Å². The molecule has 0 saturated heterocycles. The molecule has 0 spiro atoms. The molecule has 0 aromatic rings. The molecule has 3 nitrogen and oxygen atoms in total. The third kappa shape index (κ3) is 7.30. The fourth-order valence-corrected chi connectivity index (χ4v) is 1.33. The highest BCUT2D eigenvalue weighted by Gasteiger charge is 2.15. The average Bonchev–Trinajstić information content (AvgIpc) is 2.13. The van der Waals surface area contributed by atoms with Crippen molar-refractivity contribution < 1.29 is 9.84 Å². The van der Waals surface area contributed by atoms with Crippen molar-refractivity contribution in [1.29, 1.82) is 0 Å². The summed E-state index contributed by atoms with van der Waals surface area (Å²) in [5.74, 6) is 0. The molecule has 0 saturated carbocycles. The second-order valence-electron chi connectivity index (χ2n) is 4.39. The summed E-state index contributed by atoms with van der Waals surface area (Å²) in [5, 5.41) is 8.92. The molecule has 2 atom stereocenters. The first-order chi connectivity index (χ1) is 6.52. The van der Waals surface area contributed by atoms with E-state index in [0.29, 0.717) is 6.10 Å². The van der Waals surface area contributed by atoms with Crippen molar-refractivity contribution in [2.75, 3.05) is 13.2 Å². The molecule has 0 aliphatic rings. The van der Waals surface area contributed by atoms with Crippen LogP contribution in [0, 0.1) is 0 Å². The van der Waals surface area contributed by atoms with Gasteiger partial charge in [-0.05, 0) is 33.1 Å². The van der Waals surface area contributed by atoms with Crippen molar-refractivity contribution >= 4 is 0 Å². The van der Waals surface area contributed by atoms with Gasteiger partial charge in [0, 0.05) is 12.1 Å². The van der Waals surface area contributed by atoms with Crippen LogP contribution in [-0.4, -0.2) is 30.0 Å². The molecule has 0 radical (unpaired) electrons. The molecule has 86 valence electrons. The molecule has 3 heteroatoms. The Morgan fingerprint density at radius 2 is 2.14 bits per heavy atom. The minimum atomic E-state index is -0.447. The van der Waals surface area contributed by atoms with Gasteiger partial charge in [-0.3, -0.25) is 0 Å². The van der Waals surface area contributed by atoms with Gasteiger partial charge in [0.1, 0.15) is 0 Å². The van der Waals surface area contributed by atoms with E-state index in [0.717, 1.165) is 32.3 Å². The standard InChI is InChI=1S/C11H25NO2/c1-4-6-10(2)14-8-5-7-11(3,12)9-13/h10,13H,4-9,12H2,1-3H3. The second-order valence-corrected chi connectivity index (χ2v) is 4.39. The monoisotopic (exact) mass is 203 g/mol. The molecule has 3 N–H and O–H groups in total. The molecule has 14 heavy (non-hydrogen) atoms. The van der Waals surface area contributed by atoms with E-state index >= 15 is 0 Å². The lowest BCUT2D eigenvalue weighted by Gasteiger charge is -2.21. The van der Waals surface area contributed by atoms with Crippen molar-refractivity contribution in [1.82, 2.24) is 0 Å². The molecule has 0 bridgehead atoms. The van der Waals surface area contributed by atoms with Gasteiger partial charge in [0.15, 0.2) is 0 Å². The number of ether oxygens (including phenoxy) is 1. The zero-order valence-corrected chi connectivity index (χ0v) is 9.75. The molecule has 0 fully saturated rings. The summed E-state index contributed by atoms with van der Waals surface area (Å²) in [7, 11) is 0. The largest absolute Gasteiger partial charge is 0.394 e. The fraction of sp³-hybridized carbons (Fsp3) is 1.00. The Morgan fingerprint density at radius 3 is 2.64 bits per heavy atom. The van der Waals surface area contributed by atoms with Crippen LogP contribution >= 0.6 is 0 Å². The highest BCUT2D eigenvalue weighted by atomic mass is 16.5. The normalized spacial score (nSPS) is 17.8. The van der Waals surface area contributed by atoms with Crippen LogP contribution in [-0.2, 0) is 4.74 Å². The zero-order valence-electron chi connectivity index (χ0n) is 9.75. The molecule has 0 heterocycles. The smallest absolute Gasteiger partial charge is 0.0608 e. The molecule has 0 rings (SSSR count). The molecule has 0 amide bonds. The van der Waals surface area contributed by atoms with E-state index in [1.165, 1.54) is 0 Å². The topological polar surface area (TPSA) is 55.5 Å². The number of aliphatic hydroxyl groups excluding tert-OH is 1. The third-order valence-corrected chi connectivity index (χ3v) is 2.35. The van der Waals surface area contributed by atoms with Crippen LogP contribution in [0.4, 0.5) is 0 Å². The minimum absolute atomic E-state index is 0.0392. The highest BCUT2D eigenvalue weighted by molar-refractivity contribution is 4.76. The maximum Gasteiger partial charge on any atom is 0.0608 e. The number of nitrogens with two attached hydrogens (primary N) is 1. The zero-order chi connectivity index (χ0) is 11.0. The molecule has 2 unspecified atom stereocenters. The van der Waals surface area contributed by atoms with Crippen LogP contribution in [0.3, 0.4) is 0 Å². The van der Waals surface area contributed by atoms with E-state index in [9.17, 15) is 0 Å². The van der Waals surface area contributed by atoms with E-state index < -0.39 is 5.54 Å². The number of hydrogen-bond acceptors (Lipinski definition) is 3. The van der Waals surface area contributed by atoms with Crippen LogP contribution in [0.15, 0.2) is 0 Å². The molecular weight excluding hydrogens is 178 g/mol. The van der Waals surface area contributed by atoms with Crippen molar-refractivity contribution in [3.8, 4) is 0 Å². The van der Waals surface area contributed by atoms with Crippen molar-refractivity contribution in [2.45, 2.75) is 58.1 Å². The Morgan fingerprint density at radius 1 is 1.50 bits per heavy atom. The first-order valence-electron chi connectivity index (χ1n) is 5.53. The Balaban J connectivity index is 3.37. The van der Waals surface area contributed by atoms with Crippen LogP contribution in [0.1, 0.15) is 46.5 Å². The summed E-state index contributed by atoms with van der Waals surface area (Å²) >= 11 is 0. The van der Waals surface area contributed by atoms with Gasteiger partial charge < -0.3 is 15.6 Å². The van der Waals surface area contributed by atoms with Gasteiger partial charge in [-0.15, -0.1) is 0 Å². The van der Waals surface area contributed by atoms with E-state index in [-0.39, 0.29) is 6.61 Å². The number of rotatable bonds is 8. The van der Waals surface area contributed by atoms with Gasteiger partial charge in [0.2, 0.25) is 0 Å². The Labute approximate surface area is 87.6 Å². The second kappa shape index (κ2) is 7.21. The van der Waals surface area contributed by atoms with Crippen LogP contribution in [0.2, 0.25) is 0 Å². The van der Waals surface area contributed by atoms with Gasteiger partial charge in [-0.25, -0.2) is 0 Å². The molecule has 0 aliphatic heterocycles. The van der Waals surface area contributed by atoms with Gasteiger partial charge in [-0.1, -0.05) is 13.3 Å². The quantitative estimate of drug-likeness (QED) is 0.590. The van der Waals surface area contributed by atoms with E-state index in [1.54, 1.807) is 0 Å². The average molecular weight is 203 g/mol. The predicted molar refractivity (Wildman–Crippen MR) is 59.2 cm³/mol. The lowest BCUT2D eigenvalue weighted by atomic mass is 9.99. The fourth-order valence-electron chi connectivity index (χ4n) is 1.33. The van der Waals surface area contributed by atoms with E-state index in [1.807, 2.05) is 6.92 Å². The summed E-state index contributed by atoms with van der Waals surface area (Å²) in [6.07, 6.45) is 4.34. The van der Waals surface area contributed by atoms with Crippen LogP contribution in [0.5, 0.6) is 0 Å². The predicted octanol–water partition coefficient (Wildman–Crippen LogP) is 1.68. The van der Waals surface area contributed by atoms with Gasteiger partial charge >= 0.3 is 0 Å². The van der Waals surface area contributed by atoms with Gasteiger partial charge in [-0.2, -0.15) is 0 Å². The minimum Gasteiger partial charge on any atom is -0.394 e. The summed E-state index contributed by atoms with van der Waals surface area (Å²) in [6, 6.07) is 0. The van der Waals surface area contributed by atoms with E-state index in [4.69, 9.17) is 15.6 Å². The Kier molecular flexibility index (Phi) is 7.15. The van der Waals surface area contributed by atoms with Crippen molar-refractivity contribution in [3.05, 3.63) is 0 Å². The number of hydrogen-bond donors (Lipinski definition) is 2. The maximum atomic E-state index is 8.92. The molecule has 0 aromatic carbocycles. The van der Waals surface area contributed by atoms with E-state index in [2.05, 4.69) is 13.8 Å². The summed E-state index contributed by atoms with van der Waals surface area (Å²) < 4.78 is 5.59. The van der Waals surface area contributed by atoms with Crippen molar-refractivity contribution in [3.63, 3.8) is 0 Å². The summed E-state index contributed by atoms with van der Waals surface area (Å²) in [4.78, 5) is 0. The third-order valence-electron chi connectivity index (χ3n) is 2.35. The lowest BCUT2D eigenvalue weighted by molar-refractivity contribution is 0.0526. The van der Waals surface area contributed by atoms with Crippen LogP contribution < -0.4 is 5.73 Å². The maximum absolute atomic E-state index is 8.92. The Bertz CT molecular complexity index is 137. The summed E-state index contributed by atoms with van der Waals surface area (Å²) in [6.45, 7) is 6.90. The van der Waals surface area contributed by atoms with Gasteiger partial charge in [0.05, 0.1) is 12.7 Å². The molecular formula is C11H25NO2. The number of aliphatic hydroxyl groups is 1.